The molecule has 0 aliphatic rings. The number of nitrogens with two attached hydrogens (primary N) is 1. The van der Waals surface area contributed by atoms with Gasteiger partial charge in [-0.25, -0.2) is 0 Å². The van der Waals surface area contributed by atoms with Crippen LogP contribution in [0, 0.1) is 5.92 Å². The second-order valence-corrected chi connectivity index (χ2v) is 5.79. The van der Waals surface area contributed by atoms with Crippen LogP contribution in [-0.4, -0.2) is 34.8 Å². The van der Waals surface area contributed by atoms with E-state index in [1.54, 1.807) is 6.26 Å². The van der Waals surface area contributed by atoms with E-state index in [0.717, 1.165) is 13.0 Å². The fourth-order valence-corrected chi connectivity index (χ4v) is 1.68. The molecule has 0 bridgehead atoms. The highest BCUT2D eigenvalue weighted by atomic mass is 32.2. The maximum atomic E-state index is 10.9. The molecule has 0 saturated heterocycles. The Hall–Kier alpha value is -0.580. The number of hydrogen-bond donors (Lipinski definition) is 2. The summed E-state index contributed by atoms with van der Waals surface area (Å²) in [7, 11) is -0.733. The van der Waals surface area contributed by atoms with Gasteiger partial charge in [0.05, 0.1) is 0 Å². The van der Waals surface area contributed by atoms with Crippen LogP contribution in [0.1, 0.15) is 27.2 Å². The van der Waals surface area contributed by atoms with Crippen molar-refractivity contribution in [3.63, 3.8) is 0 Å². The van der Waals surface area contributed by atoms with Gasteiger partial charge in [0.1, 0.15) is 0 Å². The normalized spacial score (nSPS) is 16.5. The molecule has 0 aromatic heterocycles. The Morgan fingerprint density at radius 2 is 2.07 bits per heavy atom. The van der Waals surface area contributed by atoms with Crippen LogP contribution in [0.15, 0.2) is 4.99 Å². The highest BCUT2D eigenvalue weighted by Gasteiger charge is 2.03. The summed E-state index contributed by atoms with van der Waals surface area (Å²) < 4.78 is 10.9. The topological polar surface area (TPSA) is 67.5 Å². The molecule has 0 aliphatic heterocycles. The number of nitrogens with one attached hydrogen (secondary N) is 1. The molecule has 0 saturated carbocycles. The lowest BCUT2D eigenvalue weighted by atomic mass is 10.2. The van der Waals surface area contributed by atoms with E-state index < -0.39 is 10.8 Å². The van der Waals surface area contributed by atoms with Crippen molar-refractivity contribution in [3.05, 3.63) is 0 Å². The third kappa shape index (κ3) is 9.72. The van der Waals surface area contributed by atoms with Crippen LogP contribution in [0.25, 0.3) is 0 Å². The van der Waals surface area contributed by atoms with Crippen LogP contribution < -0.4 is 11.1 Å². The summed E-state index contributed by atoms with van der Waals surface area (Å²) in [5.41, 5.74) is 5.69. The summed E-state index contributed by atoms with van der Waals surface area (Å²) >= 11 is 0. The molecule has 0 spiro atoms. The largest absolute Gasteiger partial charge is 0.370 e. The molecule has 3 N–H and O–H groups in total. The smallest absolute Gasteiger partial charge is 0.188 e. The standard InChI is InChI=1S/C10H23N3OS/c1-8(2)7-12-10(11)13-9(3)5-6-15(4)14/h8-9H,5-7H2,1-4H3,(H3,11,12,13). The van der Waals surface area contributed by atoms with Crippen molar-refractivity contribution in [3.8, 4) is 0 Å². The fraction of sp³-hybridized carbons (Fsp3) is 0.900. The molecule has 15 heavy (non-hydrogen) atoms. The molecule has 0 aliphatic carbocycles. The van der Waals surface area contributed by atoms with Gasteiger partial charge < -0.3 is 11.1 Å². The molecule has 0 fully saturated rings. The van der Waals surface area contributed by atoms with Crippen LogP contribution in [0.4, 0.5) is 0 Å². The molecule has 2 unspecified atom stereocenters. The minimum atomic E-state index is -0.733. The van der Waals surface area contributed by atoms with Gasteiger partial charge in [0.2, 0.25) is 0 Å². The van der Waals surface area contributed by atoms with Gasteiger partial charge in [0.25, 0.3) is 0 Å². The van der Waals surface area contributed by atoms with Crippen LogP contribution in [0.5, 0.6) is 0 Å². The van der Waals surface area contributed by atoms with Gasteiger partial charge in [-0.15, -0.1) is 0 Å². The molecule has 0 aromatic rings. The Morgan fingerprint density at radius 3 is 2.53 bits per heavy atom. The van der Waals surface area contributed by atoms with Gasteiger partial charge >= 0.3 is 0 Å². The van der Waals surface area contributed by atoms with E-state index in [-0.39, 0.29) is 6.04 Å². The first-order valence-electron chi connectivity index (χ1n) is 5.28. The monoisotopic (exact) mass is 233 g/mol. The molecule has 0 heterocycles. The summed E-state index contributed by atoms with van der Waals surface area (Å²) in [6, 6.07) is 0.227. The highest BCUT2D eigenvalue weighted by Crippen LogP contribution is 1.94. The average molecular weight is 233 g/mol. The van der Waals surface area contributed by atoms with Crippen LogP contribution in [0.2, 0.25) is 0 Å². The third-order valence-corrected chi connectivity index (χ3v) is 2.67. The van der Waals surface area contributed by atoms with E-state index in [2.05, 4.69) is 24.2 Å². The molecule has 5 heteroatoms. The Labute approximate surface area is 95.2 Å². The quantitative estimate of drug-likeness (QED) is 0.524. The molecule has 4 nitrogen and oxygen atoms in total. The predicted molar refractivity (Wildman–Crippen MR) is 67.5 cm³/mol. The first-order chi connectivity index (χ1) is 6.91. The predicted octanol–water partition coefficient (Wildman–Crippen LogP) is 0.704. The van der Waals surface area contributed by atoms with Crippen molar-refractivity contribution >= 4 is 16.8 Å². The number of hydrogen-bond acceptors (Lipinski definition) is 2. The zero-order valence-electron chi connectivity index (χ0n) is 10.1. The first-order valence-corrected chi connectivity index (χ1v) is 7.01. The van der Waals surface area contributed by atoms with Gasteiger partial charge in [0.15, 0.2) is 5.96 Å². The highest BCUT2D eigenvalue weighted by molar-refractivity contribution is 7.84. The molecule has 90 valence electrons. The van der Waals surface area contributed by atoms with E-state index >= 15 is 0 Å². The third-order valence-electron chi connectivity index (χ3n) is 1.86. The van der Waals surface area contributed by atoms with Gasteiger partial charge in [-0.2, -0.15) is 0 Å². The van der Waals surface area contributed by atoms with E-state index in [0.29, 0.717) is 17.6 Å². The van der Waals surface area contributed by atoms with Crippen molar-refractivity contribution in [2.75, 3.05) is 18.6 Å². The lowest BCUT2D eigenvalue weighted by molar-refractivity contribution is 0.621. The van der Waals surface area contributed by atoms with Gasteiger partial charge in [-0.3, -0.25) is 9.20 Å². The molecule has 0 radical (unpaired) electrons. The summed E-state index contributed by atoms with van der Waals surface area (Å²) in [5, 5.41) is 3.08. The van der Waals surface area contributed by atoms with Crippen molar-refractivity contribution in [1.29, 1.82) is 0 Å². The van der Waals surface area contributed by atoms with E-state index in [9.17, 15) is 4.21 Å². The summed E-state index contributed by atoms with van der Waals surface area (Å²) in [6.07, 6.45) is 2.56. The minimum absolute atomic E-state index is 0.227. The van der Waals surface area contributed by atoms with Crippen molar-refractivity contribution < 1.29 is 4.21 Å². The molecule has 2 atom stereocenters. The van der Waals surface area contributed by atoms with Crippen molar-refractivity contribution in [2.24, 2.45) is 16.6 Å². The first kappa shape index (κ1) is 14.4. The second-order valence-electron chi connectivity index (χ2n) is 4.23. The van der Waals surface area contributed by atoms with Gasteiger partial charge in [-0.1, -0.05) is 13.8 Å². The fourth-order valence-electron chi connectivity index (χ4n) is 0.994. The molecular weight excluding hydrogens is 210 g/mol. The summed E-state index contributed by atoms with van der Waals surface area (Å²) in [4.78, 5) is 4.20. The molecule has 0 rings (SSSR count). The zero-order valence-corrected chi connectivity index (χ0v) is 10.9. The lowest BCUT2D eigenvalue weighted by Crippen LogP contribution is -2.39. The number of guanidine groups is 1. The molecular formula is C10H23N3OS. The van der Waals surface area contributed by atoms with E-state index in [4.69, 9.17) is 5.73 Å². The number of aliphatic imine (C=N–C) groups is 1. The second kappa shape index (κ2) is 7.68. The van der Waals surface area contributed by atoms with Gasteiger partial charge in [-0.05, 0) is 19.3 Å². The maximum absolute atomic E-state index is 10.9. The lowest BCUT2D eigenvalue weighted by Gasteiger charge is -2.13. The summed E-state index contributed by atoms with van der Waals surface area (Å²) in [6.45, 7) is 6.96. The van der Waals surface area contributed by atoms with Crippen LogP contribution in [0.3, 0.4) is 0 Å². The Bertz CT molecular complexity index is 229. The molecule has 0 aromatic carbocycles. The van der Waals surface area contributed by atoms with Crippen molar-refractivity contribution in [1.82, 2.24) is 5.32 Å². The zero-order chi connectivity index (χ0) is 11.8. The minimum Gasteiger partial charge on any atom is -0.370 e. The van der Waals surface area contributed by atoms with Gasteiger partial charge in [0, 0.05) is 35.4 Å². The Kier molecular flexibility index (Phi) is 7.38. The van der Waals surface area contributed by atoms with Crippen LogP contribution in [-0.2, 0) is 10.8 Å². The number of rotatable bonds is 6. The maximum Gasteiger partial charge on any atom is 0.188 e. The van der Waals surface area contributed by atoms with E-state index in [1.807, 2.05) is 6.92 Å². The SMILES string of the molecule is CC(C)CN=C(N)NC(C)CCS(C)=O. The van der Waals surface area contributed by atoms with Crippen molar-refractivity contribution in [2.45, 2.75) is 33.2 Å². The average Bonchev–Trinajstić information content (AvgIpc) is 2.11. The molecule has 0 amide bonds. The Morgan fingerprint density at radius 1 is 1.47 bits per heavy atom. The summed E-state index contributed by atoms with van der Waals surface area (Å²) in [5.74, 6) is 1.70. The van der Waals surface area contributed by atoms with Crippen LogP contribution >= 0.6 is 0 Å². The number of nitrogens with zero attached hydrogens (tertiary/aromatic N) is 1. The van der Waals surface area contributed by atoms with E-state index in [1.165, 1.54) is 0 Å². The Balaban J connectivity index is 3.79.